The van der Waals surface area contributed by atoms with E-state index >= 15 is 0 Å². The molecule has 2 aliphatic heterocycles. The van der Waals surface area contributed by atoms with Gasteiger partial charge in [-0.25, -0.2) is 9.18 Å². The van der Waals surface area contributed by atoms with Crippen LogP contribution in [0.2, 0.25) is 0 Å². The molecule has 1 unspecified atom stereocenters. The highest BCUT2D eigenvalue weighted by Gasteiger charge is 2.43. The van der Waals surface area contributed by atoms with Crippen LogP contribution < -0.4 is 20.3 Å². The van der Waals surface area contributed by atoms with Gasteiger partial charge in [-0.2, -0.15) is 0 Å². The molecule has 4 amide bonds. The molecule has 2 N–H and O–H groups in total. The Morgan fingerprint density at radius 1 is 1.06 bits per heavy atom. The van der Waals surface area contributed by atoms with E-state index in [0.29, 0.717) is 6.42 Å². The molecule has 32 heavy (non-hydrogen) atoms. The molecule has 8 heteroatoms. The fourth-order valence-corrected chi connectivity index (χ4v) is 5.00. The Kier molecular flexibility index (Phi) is 5.07. The van der Waals surface area contributed by atoms with Gasteiger partial charge >= 0.3 is 6.03 Å². The Hall–Kier alpha value is -3.42. The van der Waals surface area contributed by atoms with Gasteiger partial charge in [-0.05, 0) is 49.9 Å². The lowest BCUT2D eigenvalue weighted by Crippen LogP contribution is -2.44. The molecule has 1 saturated heterocycles. The Balaban J connectivity index is 1.35. The monoisotopic (exact) mass is 437 g/mol. The number of nitrogens with zero attached hydrogens (tertiary/aromatic N) is 1. The van der Waals surface area contributed by atoms with Crippen LogP contribution >= 0.6 is 0 Å². The topological polar surface area (TPSA) is 87.7 Å². The van der Waals surface area contributed by atoms with Gasteiger partial charge in [0, 0.05) is 24.8 Å². The first-order valence-electron chi connectivity index (χ1n) is 10.9. The van der Waals surface area contributed by atoms with Crippen molar-refractivity contribution in [2.75, 3.05) is 10.2 Å². The molecule has 1 spiro atoms. The minimum Gasteiger partial charge on any atom is -0.487 e. The van der Waals surface area contributed by atoms with Crippen LogP contribution in [-0.2, 0) is 9.59 Å². The van der Waals surface area contributed by atoms with E-state index in [1.54, 1.807) is 0 Å². The molecule has 2 fully saturated rings. The highest BCUT2D eigenvalue weighted by molar-refractivity contribution is 6.20. The Morgan fingerprint density at radius 3 is 2.53 bits per heavy atom. The number of hydrogen-bond acceptors (Lipinski definition) is 4. The van der Waals surface area contributed by atoms with Crippen molar-refractivity contribution in [3.05, 3.63) is 53.8 Å². The summed E-state index contributed by atoms with van der Waals surface area (Å²) in [7, 11) is 0. The van der Waals surface area contributed by atoms with Crippen molar-refractivity contribution < 1.29 is 23.5 Å². The average Bonchev–Trinajstić information content (AvgIpc) is 3.35. The van der Waals surface area contributed by atoms with Crippen molar-refractivity contribution >= 4 is 29.2 Å². The maximum absolute atomic E-state index is 14.4. The number of halogens is 1. The van der Waals surface area contributed by atoms with Crippen LogP contribution in [0.25, 0.3) is 0 Å². The lowest BCUT2D eigenvalue weighted by molar-refractivity contribution is -0.121. The SMILES string of the molecule is O=C(Nc1cc(N2C(=O)CCC2=O)ccc1F)NC1CC2(CCCC2)Oc2ccccc21. The number of imide groups is 1. The molecular formula is C24H24FN3O4. The van der Waals surface area contributed by atoms with Gasteiger partial charge in [-0.15, -0.1) is 0 Å². The summed E-state index contributed by atoms with van der Waals surface area (Å²) < 4.78 is 20.7. The van der Waals surface area contributed by atoms with Crippen molar-refractivity contribution in [2.45, 2.75) is 56.6 Å². The molecule has 5 rings (SSSR count). The zero-order valence-corrected chi connectivity index (χ0v) is 17.5. The summed E-state index contributed by atoms with van der Waals surface area (Å²) in [5.41, 5.74) is 0.759. The second-order valence-electron chi connectivity index (χ2n) is 8.67. The van der Waals surface area contributed by atoms with Gasteiger partial charge < -0.3 is 15.4 Å². The Bertz CT molecular complexity index is 1080. The second-order valence-corrected chi connectivity index (χ2v) is 8.67. The highest BCUT2D eigenvalue weighted by atomic mass is 19.1. The molecule has 1 saturated carbocycles. The summed E-state index contributed by atoms with van der Waals surface area (Å²) in [6.45, 7) is 0. The minimum atomic E-state index is -0.650. The van der Waals surface area contributed by atoms with Crippen LogP contribution in [0.4, 0.5) is 20.6 Å². The maximum Gasteiger partial charge on any atom is 0.319 e. The van der Waals surface area contributed by atoms with Crippen LogP contribution in [0.5, 0.6) is 5.75 Å². The van der Waals surface area contributed by atoms with E-state index in [2.05, 4.69) is 10.6 Å². The standard InChI is InChI=1S/C24H24FN3O4/c25-17-8-7-15(28-21(29)9-10-22(28)30)13-18(17)26-23(31)27-19-14-24(11-3-4-12-24)32-20-6-2-1-5-16(19)20/h1-2,5-8,13,19H,3-4,9-12,14H2,(H2,26,27,31). The maximum atomic E-state index is 14.4. The molecule has 0 radical (unpaired) electrons. The number of urea groups is 1. The number of nitrogens with one attached hydrogen (secondary N) is 2. The van der Waals surface area contributed by atoms with E-state index in [1.165, 1.54) is 12.1 Å². The van der Waals surface area contributed by atoms with Crippen LogP contribution in [0.15, 0.2) is 42.5 Å². The predicted octanol–water partition coefficient (Wildman–Crippen LogP) is 4.44. The van der Waals surface area contributed by atoms with E-state index in [-0.39, 0.29) is 47.7 Å². The lowest BCUT2D eigenvalue weighted by atomic mass is 9.86. The minimum absolute atomic E-state index is 0.0941. The number of carbonyl (C=O) groups excluding carboxylic acids is 3. The summed E-state index contributed by atoms with van der Waals surface area (Å²) in [5, 5.41) is 5.51. The Morgan fingerprint density at radius 2 is 1.78 bits per heavy atom. The lowest BCUT2D eigenvalue weighted by Gasteiger charge is -2.40. The molecule has 166 valence electrons. The summed E-state index contributed by atoms with van der Waals surface area (Å²) in [6.07, 6.45) is 4.97. The van der Waals surface area contributed by atoms with Crippen molar-refractivity contribution in [3.8, 4) is 5.75 Å². The van der Waals surface area contributed by atoms with Crippen molar-refractivity contribution in [3.63, 3.8) is 0 Å². The van der Waals surface area contributed by atoms with Crippen LogP contribution in [0.3, 0.4) is 0 Å². The predicted molar refractivity (Wildman–Crippen MR) is 116 cm³/mol. The number of hydrogen-bond donors (Lipinski definition) is 2. The first kappa shape index (κ1) is 20.5. The third-order valence-corrected chi connectivity index (χ3v) is 6.53. The number of fused-ring (bicyclic) bond motifs is 1. The number of anilines is 2. The highest BCUT2D eigenvalue weighted by Crippen LogP contribution is 2.47. The number of para-hydroxylation sites is 1. The first-order valence-corrected chi connectivity index (χ1v) is 10.9. The smallest absolute Gasteiger partial charge is 0.319 e. The molecule has 2 aromatic rings. The largest absolute Gasteiger partial charge is 0.487 e. The third-order valence-electron chi connectivity index (χ3n) is 6.53. The molecule has 0 bridgehead atoms. The normalized spacial score (nSPS) is 21.4. The van der Waals surface area contributed by atoms with Gasteiger partial charge in [0.2, 0.25) is 11.8 Å². The van der Waals surface area contributed by atoms with Crippen LogP contribution in [0, 0.1) is 5.82 Å². The fraction of sp³-hybridized carbons (Fsp3) is 0.375. The Labute approximate surface area is 184 Å². The summed E-state index contributed by atoms with van der Waals surface area (Å²) in [5.74, 6) is -0.553. The second kappa shape index (κ2) is 7.93. The molecule has 7 nitrogen and oxygen atoms in total. The summed E-state index contributed by atoms with van der Waals surface area (Å²) in [6, 6.07) is 10.6. The summed E-state index contributed by atoms with van der Waals surface area (Å²) >= 11 is 0. The van der Waals surface area contributed by atoms with Crippen LogP contribution in [0.1, 0.15) is 56.6 Å². The summed E-state index contributed by atoms with van der Waals surface area (Å²) in [4.78, 5) is 37.9. The molecule has 1 aliphatic carbocycles. The van der Waals surface area contributed by atoms with Gasteiger partial charge in [-0.3, -0.25) is 14.5 Å². The molecule has 3 aliphatic rings. The molecule has 1 atom stereocenters. The van der Waals surface area contributed by atoms with Crippen LogP contribution in [-0.4, -0.2) is 23.4 Å². The van der Waals surface area contributed by atoms with Crippen molar-refractivity contribution in [1.82, 2.24) is 5.32 Å². The first-order chi connectivity index (χ1) is 15.4. The van der Waals surface area contributed by atoms with E-state index in [1.807, 2.05) is 24.3 Å². The van der Waals surface area contributed by atoms with Gasteiger partial charge in [-0.1, -0.05) is 18.2 Å². The average molecular weight is 437 g/mol. The zero-order chi connectivity index (χ0) is 22.3. The molecule has 2 heterocycles. The quantitative estimate of drug-likeness (QED) is 0.695. The van der Waals surface area contributed by atoms with E-state index in [0.717, 1.165) is 48.0 Å². The zero-order valence-electron chi connectivity index (χ0n) is 17.5. The number of benzene rings is 2. The molecular weight excluding hydrogens is 413 g/mol. The van der Waals surface area contributed by atoms with E-state index in [4.69, 9.17) is 4.74 Å². The van der Waals surface area contributed by atoms with Gasteiger partial charge in [0.15, 0.2) is 0 Å². The molecule has 2 aromatic carbocycles. The van der Waals surface area contributed by atoms with E-state index in [9.17, 15) is 18.8 Å². The third kappa shape index (κ3) is 3.70. The van der Waals surface area contributed by atoms with Gasteiger partial charge in [0.05, 0.1) is 17.4 Å². The van der Waals surface area contributed by atoms with Crippen molar-refractivity contribution in [1.29, 1.82) is 0 Å². The van der Waals surface area contributed by atoms with Gasteiger partial charge in [0.25, 0.3) is 0 Å². The van der Waals surface area contributed by atoms with Crippen molar-refractivity contribution in [2.24, 2.45) is 0 Å². The number of amides is 4. The number of carbonyl (C=O) groups is 3. The fourth-order valence-electron chi connectivity index (χ4n) is 5.00. The number of rotatable bonds is 3. The number of ether oxygens (including phenoxy) is 1. The van der Waals surface area contributed by atoms with Gasteiger partial charge in [0.1, 0.15) is 17.2 Å². The van der Waals surface area contributed by atoms with E-state index < -0.39 is 11.8 Å². The molecule has 0 aromatic heterocycles.